The molecule has 4 nitrogen and oxygen atoms in total. The minimum Gasteiger partial charge on any atom is -0.371 e. The van der Waals surface area contributed by atoms with Crippen molar-refractivity contribution in [3.05, 3.63) is 64.5 Å². The zero-order chi connectivity index (χ0) is 20.8. The summed E-state index contributed by atoms with van der Waals surface area (Å²) in [4.78, 5) is 2.69. The summed E-state index contributed by atoms with van der Waals surface area (Å²) in [6.45, 7) is 2.02. The summed E-state index contributed by atoms with van der Waals surface area (Å²) >= 11 is 0. The minimum atomic E-state index is -4.59. The van der Waals surface area contributed by atoms with E-state index in [1.54, 1.807) is 6.26 Å². The molecule has 0 radical (unpaired) electrons. The van der Waals surface area contributed by atoms with Gasteiger partial charge in [0.1, 0.15) is 5.82 Å². The van der Waals surface area contributed by atoms with Gasteiger partial charge in [-0.25, -0.2) is 13.0 Å². The summed E-state index contributed by atoms with van der Waals surface area (Å²) in [6, 6.07) is 8.24. The number of morpholine rings is 1. The molecule has 4 rings (SSSR count). The van der Waals surface area contributed by atoms with Crippen molar-refractivity contribution in [1.29, 1.82) is 0 Å². The summed E-state index contributed by atoms with van der Waals surface area (Å²) in [5.74, 6) is -0.898. The molecule has 0 spiro atoms. The van der Waals surface area contributed by atoms with Gasteiger partial charge in [0.2, 0.25) is 0 Å². The van der Waals surface area contributed by atoms with Gasteiger partial charge in [0.15, 0.2) is 0 Å². The van der Waals surface area contributed by atoms with Gasteiger partial charge < -0.3 is 4.74 Å². The van der Waals surface area contributed by atoms with Gasteiger partial charge in [-0.1, -0.05) is 12.1 Å². The molecule has 9 heteroatoms. The Bertz CT molecular complexity index is 1060. The van der Waals surface area contributed by atoms with Crippen LogP contribution in [0.5, 0.6) is 0 Å². The molecule has 29 heavy (non-hydrogen) atoms. The Kier molecular flexibility index (Phi) is 5.16. The van der Waals surface area contributed by atoms with Crippen LogP contribution in [0.2, 0.25) is 0 Å². The quantitative estimate of drug-likeness (QED) is 0.681. The van der Waals surface area contributed by atoms with Gasteiger partial charge in [-0.05, 0) is 41.0 Å². The Morgan fingerprint density at radius 2 is 2.03 bits per heavy atom. The molecule has 0 saturated carbocycles. The largest absolute Gasteiger partial charge is 0.416 e. The topological polar surface area (TPSA) is 41.9 Å². The number of hydrogen-bond donors (Lipinski definition) is 0. The van der Waals surface area contributed by atoms with Crippen LogP contribution in [0.3, 0.4) is 0 Å². The second-order valence-corrected chi connectivity index (χ2v) is 9.70. The van der Waals surface area contributed by atoms with Gasteiger partial charge in [0, 0.05) is 25.9 Å². The number of halogens is 4. The third-order valence-corrected chi connectivity index (χ3v) is 7.02. The summed E-state index contributed by atoms with van der Waals surface area (Å²) < 4.78 is 74.9. The molecule has 2 aliphatic rings. The Morgan fingerprint density at radius 1 is 1.24 bits per heavy atom. The van der Waals surface area contributed by atoms with Gasteiger partial charge in [-0.2, -0.15) is 13.2 Å². The van der Waals surface area contributed by atoms with E-state index in [0.29, 0.717) is 32.3 Å². The first-order chi connectivity index (χ1) is 13.6. The molecule has 0 amide bonds. The van der Waals surface area contributed by atoms with Crippen molar-refractivity contribution in [2.45, 2.75) is 30.3 Å². The van der Waals surface area contributed by atoms with Crippen molar-refractivity contribution < 1.29 is 26.5 Å². The number of hydrogen-bond acceptors (Lipinski definition) is 4. The second-order valence-electron chi connectivity index (χ2n) is 7.40. The third kappa shape index (κ3) is 4.31. The smallest absolute Gasteiger partial charge is 0.371 e. The lowest BCUT2D eigenvalue weighted by molar-refractivity contribution is -0.137. The molecule has 2 atom stereocenters. The van der Waals surface area contributed by atoms with Gasteiger partial charge in [0.25, 0.3) is 0 Å². The molecule has 156 valence electrons. The number of nitrogens with zero attached hydrogens (tertiary/aromatic N) is 2. The summed E-state index contributed by atoms with van der Waals surface area (Å²) in [5.41, 5.74) is 1.12. The highest BCUT2D eigenvalue weighted by Gasteiger charge is 2.32. The predicted octanol–water partition coefficient (Wildman–Crippen LogP) is 4.39. The molecule has 2 unspecified atom stereocenters. The van der Waals surface area contributed by atoms with Crippen LogP contribution in [0, 0.1) is 5.82 Å². The first kappa shape index (κ1) is 20.3. The summed E-state index contributed by atoms with van der Waals surface area (Å²) in [7, 11) is -2.33. The second kappa shape index (κ2) is 7.37. The van der Waals surface area contributed by atoms with Crippen LogP contribution in [0.25, 0.3) is 0 Å². The number of fused-ring (bicyclic) bond motifs is 1. The molecule has 2 heterocycles. The average molecular weight is 428 g/mol. The number of alkyl halides is 3. The zero-order valence-corrected chi connectivity index (χ0v) is 16.5. The van der Waals surface area contributed by atoms with Crippen molar-refractivity contribution in [1.82, 2.24) is 4.90 Å². The van der Waals surface area contributed by atoms with Crippen molar-refractivity contribution in [3.63, 3.8) is 0 Å². The fourth-order valence-corrected chi connectivity index (χ4v) is 5.22. The van der Waals surface area contributed by atoms with E-state index in [2.05, 4.69) is 4.36 Å². The predicted molar refractivity (Wildman–Crippen MR) is 100 cm³/mol. The van der Waals surface area contributed by atoms with Gasteiger partial charge >= 0.3 is 6.18 Å². The Balaban J connectivity index is 1.50. The van der Waals surface area contributed by atoms with Crippen LogP contribution in [-0.2, 0) is 33.7 Å². The fraction of sp³-hybridized carbons (Fsp3) is 0.400. The SMILES string of the molecule is CS1(=O)=NCc2cc(C3CN(Cc4cc(F)cc(C(F)(F)F)c4)CCO3)ccc21. The van der Waals surface area contributed by atoms with E-state index < -0.39 is 27.3 Å². The van der Waals surface area contributed by atoms with E-state index in [-0.39, 0.29) is 18.2 Å². The highest BCUT2D eigenvalue weighted by molar-refractivity contribution is 7.93. The number of benzene rings is 2. The van der Waals surface area contributed by atoms with Crippen molar-refractivity contribution in [3.8, 4) is 0 Å². The molecule has 2 aromatic carbocycles. The van der Waals surface area contributed by atoms with Gasteiger partial charge in [-0.3, -0.25) is 4.90 Å². The van der Waals surface area contributed by atoms with Crippen LogP contribution in [0.15, 0.2) is 45.7 Å². The lowest BCUT2D eigenvalue weighted by Crippen LogP contribution is -2.37. The van der Waals surface area contributed by atoms with E-state index in [4.69, 9.17) is 4.74 Å². The maximum absolute atomic E-state index is 13.7. The molecule has 0 bridgehead atoms. The highest BCUT2D eigenvalue weighted by Crippen LogP contribution is 2.33. The van der Waals surface area contributed by atoms with E-state index >= 15 is 0 Å². The van der Waals surface area contributed by atoms with Crippen LogP contribution >= 0.6 is 0 Å². The van der Waals surface area contributed by atoms with Crippen molar-refractivity contribution in [2.24, 2.45) is 4.36 Å². The molecule has 2 aliphatic heterocycles. The summed E-state index contributed by atoms with van der Waals surface area (Å²) in [6.07, 6.45) is -3.23. The zero-order valence-electron chi connectivity index (χ0n) is 15.7. The molecule has 0 aliphatic carbocycles. The Morgan fingerprint density at radius 3 is 2.79 bits per heavy atom. The van der Waals surface area contributed by atoms with E-state index in [1.807, 2.05) is 23.1 Å². The molecule has 2 aromatic rings. The van der Waals surface area contributed by atoms with E-state index in [9.17, 15) is 21.8 Å². The van der Waals surface area contributed by atoms with Crippen LogP contribution in [0.4, 0.5) is 17.6 Å². The van der Waals surface area contributed by atoms with Gasteiger partial charge in [0.05, 0.1) is 39.4 Å². The third-order valence-electron chi connectivity index (χ3n) is 5.19. The first-order valence-electron chi connectivity index (χ1n) is 9.13. The summed E-state index contributed by atoms with van der Waals surface area (Å²) in [5, 5.41) is 0. The van der Waals surface area contributed by atoms with Crippen LogP contribution < -0.4 is 0 Å². The molecular formula is C20H20F4N2O2S. The average Bonchev–Trinajstić information content (AvgIpc) is 2.95. The normalized spacial score (nSPS) is 24.9. The van der Waals surface area contributed by atoms with E-state index in [1.165, 1.54) is 0 Å². The molecule has 0 aromatic heterocycles. The van der Waals surface area contributed by atoms with E-state index in [0.717, 1.165) is 28.2 Å². The standard InChI is InChI=1S/C20H20F4N2O2S/c1-29(27)19-3-2-14(8-15(19)10-25-29)18-12-26(4-5-28-18)11-13-6-16(20(22,23)24)9-17(21)7-13/h2-3,6-9,18H,4-5,10-12H2,1H3. The van der Waals surface area contributed by atoms with Crippen LogP contribution in [-0.4, -0.2) is 35.1 Å². The molecular weight excluding hydrogens is 408 g/mol. The minimum absolute atomic E-state index is 0.198. The van der Waals surface area contributed by atoms with Crippen LogP contribution in [0.1, 0.15) is 28.4 Å². The number of rotatable bonds is 3. The fourth-order valence-electron chi connectivity index (χ4n) is 3.77. The van der Waals surface area contributed by atoms with Crippen molar-refractivity contribution in [2.75, 3.05) is 26.0 Å². The first-order valence-corrected chi connectivity index (χ1v) is 11.1. The Hall–Kier alpha value is -1.97. The molecule has 0 N–H and O–H groups in total. The number of ether oxygens (including phenoxy) is 1. The lowest BCUT2D eigenvalue weighted by Gasteiger charge is -2.33. The van der Waals surface area contributed by atoms with Crippen molar-refractivity contribution >= 4 is 9.73 Å². The highest BCUT2D eigenvalue weighted by atomic mass is 32.2. The maximum Gasteiger partial charge on any atom is 0.416 e. The maximum atomic E-state index is 13.7. The molecule has 1 saturated heterocycles. The lowest BCUT2D eigenvalue weighted by atomic mass is 10.0. The monoisotopic (exact) mass is 428 g/mol. The van der Waals surface area contributed by atoms with Gasteiger partial charge in [-0.15, -0.1) is 0 Å². The Labute approximate surface area is 166 Å². The molecule has 1 fully saturated rings.